The zero-order valence-corrected chi connectivity index (χ0v) is 11.2. The van der Waals surface area contributed by atoms with Gasteiger partial charge in [-0.2, -0.15) is 0 Å². The van der Waals surface area contributed by atoms with Gasteiger partial charge in [-0.3, -0.25) is 0 Å². The SMILES string of the molecule is COCCOCCSc1ncc(CCl)n1C. The van der Waals surface area contributed by atoms with E-state index in [0.717, 1.165) is 16.6 Å². The van der Waals surface area contributed by atoms with Crippen LogP contribution >= 0.6 is 23.4 Å². The Morgan fingerprint density at radius 1 is 1.44 bits per heavy atom. The van der Waals surface area contributed by atoms with Gasteiger partial charge in [-0.15, -0.1) is 11.6 Å². The largest absolute Gasteiger partial charge is 0.382 e. The fourth-order valence-corrected chi connectivity index (χ4v) is 2.19. The van der Waals surface area contributed by atoms with Gasteiger partial charge in [0.15, 0.2) is 5.16 Å². The second-order valence-electron chi connectivity index (χ2n) is 3.18. The van der Waals surface area contributed by atoms with Gasteiger partial charge in [-0.25, -0.2) is 4.98 Å². The van der Waals surface area contributed by atoms with Gasteiger partial charge in [0, 0.05) is 19.9 Å². The van der Waals surface area contributed by atoms with Gasteiger partial charge in [0.05, 0.1) is 37.6 Å². The predicted molar refractivity (Wildman–Crippen MR) is 66.2 cm³/mol. The van der Waals surface area contributed by atoms with Crippen LogP contribution in [-0.4, -0.2) is 42.2 Å². The van der Waals surface area contributed by atoms with Crippen molar-refractivity contribution in [3.05, 3.63) is 11.9 Å². The highest BCUT2D eigenvalue weighted by molar-refractivity contribution is 7.99. The fraction of sp³-hybridized carbons (Fsp3) is 0.700. The fourth-order valence-electron chi connectivity index (χ4n) is 1.12. The molecule has 0 fully saturated rings. The smallest absolute Gasteiger partial charge is 0.168 e. The molecule has 0 aromatic carbocycles. The molecule has 0 bridgehead atoms. The first-order chi connectivity index (χ1) is 7.79. The molecule has 0 saturated heterocycles. The molecule has 6 heteroatoms. The number of nitrogens with zero attached hydrogens (tertiary/aromatic N) is 2. The van der Waals surface area contributed by atoms with Gasteiger partial charge in [-0.1, -0.05) is 11.8 Å². The van der Waals surface area contributed by atoms with Crippen LogP contribution in [0.1, 0.15) is 5.69 Å². The molecule has 16 heavy (non-hydrogen) atoms. The van der Waals surface area contributed by atoms with Gasteiger partial charge in [0.25, 0.3) is 0 Å². The van der Waals surface area contributed by atoms with Crippen molar-refractivity contribution in [1.29, 1.82) is 0 Å². The van der Waals surface area contributed by atoms with E-state index >= 15 is 0 Å². The predicted octanol–water partition coefficient (Wildman–Crippen LogP) is 1.91. The van der Waals surface area contributed by atoms with E-state index in [4.69, 9.17) is 21.1 Å². The molecular weight excluding hydrogens is 248 g/mol. The van der Waals surface area contributed by atoms with Crippen molar-refractivity contribution < 1.29 is 9.47 Å². The van der Waals surface area contributed by atoms with Crippen molar-refractivity contribution in [3.63, 3.8) is 0 Å². The zero-order valence-electron chi connectivity index (χ0n) is 9.61. The third-order valence-electron chi connectivity index (χ3n) is 2.07. The summed E-state index contributed by atoms with van der Waals surface area (Å²) >= 11 is 7.42. The summed E-state index contributed by atoms with van der Waals surface area (Å²) in [6, 6.07) is 0. The molecular formula is C10H17ClN2O2S. The third kappa shape index (κ3) is 4.33. The highest BCUT2D eigenvalue weighted by atomic mass is 35.5. The Morgan fingerprint density at radius 2 is 2.25 bits per heavy atom. The maximum Gasteiger partial charge on any atom is 0.168 e. The van der Waals surface area contributed by atoms with Crippen molar-refractivity contribution in [3.8, 4) is 0 Å². The number of ether oxygens (including phenoxy) is 2. The summed E-state index contributed by atoms with van der Waals surface area (Å²) in [6.07, 6.45) is 1.81. The van der Waals surface area contributed by atoms with E-state index < -0.39 is 0 Å². The van der Waals surface area contributed by atoms with Crippen LogP contribution in [0.2, 0.25) is 0 Å². The molecule has 0 radical (unpaired) electrons. The molecule has 0 unspecified atom stereocenters. The first-order valence-corrected chi connectivity index (χ1v) is 6.57. The normalized spacial score (nSPS) is 10.9. The van der Waals surface area contributed by atoms with Crippen LogP contribution < -0.4 is 0 Å². The number of aromatic nitrogens is 2. The number of hydrogen-bond acceptors (Lipinski definition) is 4. The Hall–Kier alpha value is -0.230. The monoisotopic (exact) mass is 264 g/mol. The Labute approximate surface area is 105 Å². The standard InChI is InChI=1S/C10H17ClN2O2S/c1-13-9(7-11)8-12-10(13)16-6-5-15-4-3-14-2/h8H,3-7H2,1-2H3. The van der Waals surface area contributed by atoms with E-state index in [1.165, 1.54) is 0 Å². The number of thioether (sulfide) groups is 1. The number of alkyl halides is 1. The molecule has 0 atom stereocenters. The molecule has 0 amide bonds. The summed E-state index contributed by atoms with van der Waals surface area (Å²) in [7, 11) is 3.64. The number of hydrogen-bond donors (Lipinski definition) is 0. The lowest BCUT2D eigenvalue weighted by Gasteiger charge is -2.04. The quantitative estimate of drug-likeness (QED) is 0.408. The summed E-state index contributed by atoms with van der Waals surface area (Å²) in [5.74, 6) is 1.38. The molecule has 0 spiro atoms. The van der Waals surface area contributed by atoms with E-state index in [9.17, 15) is 0 Å². The summed E-state index contributed by atoms with van der Waals surface area (Å²) in [5, 5.41) is 0.978. The van der Waals surface area contributed by atoms with Crippen LogP contribution in [0, 0.1) is 0 Å². The minimum atomic E-state index is 0.494. The Bertz CT molecular complexity index is 307. The summed E-state index contributed by atoms with van der Waals surface area (Å²) < 4.78 is 12.2. The summed E-state index contributed by atoms with van der Waals surface area (Å²) in [5.41, 5.74) is 1.03. The molecule has 1 heterocycles. The second-order valence-corrected chi connectivity index (χ2v) is 4.51. The molecule has 1 aromatic rings. The molecule has 1 aromatic heterocycles. The average molecular weight is 265 g/mol. The number of methoxy groups -OCH3 is 1. The highest BCUT2D eigenvalue weighted by Gasteiger charge is 2.05. The van der Waals surface area contributed by atoms with Crippen LogP contribution in [0.25, 0.3) is 0 Å². The van der Waals surface area contributed by atoms with Crippen LogP contribution in [0.15, 0.2) is 11.4 Å². The lowest BCUT2D eigenvalue weighted by molar-refractivity contribution is 0.0790. The summed E-state index contributed by atoms with van der Waals surface area (Å²) in [4.78, 5) is 4.28. The maximum atomic E-state index is 5.76. The Balaban J connectivity index is 2.19. The Morgan fingerprint density at radius 3 is 2.88 bits per heavy atom. The lowest BCUT2D eigenvalue weighted by Crippen LogP contribution is -2.05. The number of rotatable bonds is 8. The van der Waals surface area contributed by atoms with Gasteiger partial charge in [0.1, 0.15) is 0 Å². The number of imidazole rings is 1. The molecule has 0 N–H and O–H groups in total. The lowest BCUT2D eigenvalue weighted by atomic mass is 10.5. The van der Waals surface area contributed by atoms with E-state index in [1.807, 2.05) is 11.6 Å². The highest BCUT2D eigenvalue weighted by Crippen LogP contribution is 2.17. The van der Waals surface area contributed by atoms with Gasteiger partial charge in [0.2, 0.25) is 0 Å². The van der Waals surface area contributed by atoms with Crippen molar-refractivity contribution in [1.82, 2.24) is 9.55 Å². The first-order valence-electron chi connectivity index (χ1n) is 5.05. The molecule has 0 aliphatic carbocycles. The summed E-state index contributed by atoms with van der Waals surface area (Å²) in [6.45, 7) is 1.99. The topological polar surface area (TPSA) is 36.3 Å². The molecule has 0 saturated carbocycles. The van der Waals surface area contributed by atoms with Crippen molar-refractivity contribution in [2.75, 3.05) is 32.7 Å². The van der Waals surface area contributed by atoms with E-state index in [2.05, 4.69) is 4.98 Å². The van der Waals surface area contributed by atoms with Crippen LogP contribution in [0.5, 0.6) is 0 Å². The molecule has 1 rings (SSSR count). The van der Waals surface area contributed by atoms with E-state index in [0.29, 0.717) is 25.7 Å². The van der Waals surface area contributed by atoms with Gasteiger partial charge < -0.3 is 14.0 Å². The van der Waals surface area contributed by atoms with Crippen LogP contribution in [0.4, 0.5) is 0 Å². The zero-order chi connectivity index (χ0) is 11.8. The molecule has 0 aliphatic heterocycles. The van der Waals surface area contributed by atoms with E-state index in [1.54, 1.807) is 25.1 Å². The minimum Gasteiger partial charge on any atom is -0.382 e. The third-order valence-corrected chi connectivity index (χ3v) is 3.35. The van der Waals surface area contributed by atoms with E-state index in [-0.39, 0.29) is 0 Å². The molecule has 4 nitrogen and oxygen atoms in total. The second kappa shape index (κ2) is 7.95. The first kappa shape index (κ1) is 13.8. The van der Waals surface area contributed by atoms with Gasteiger partial charge in [-0.05, 0) is 0 Å². The van der Waals surface area contributed by atoms with Gasteiger partial charge >= 0.3 is 0 Å². The molecule has 92 valence electrons. The maximum absolute atomic E-state index is 5.76. The van der Waals surface area contributed by atoms with Crippen molar-refractivity contribution in [2.24, 2.45) is 7.05 Å². The number of halogens is 1. The minimum absolute atomic E-state index is 0.494. The molecule has 0 aliphatic rings. The van der Waals surface area contributed by atoms with Crippen LogP contribution in [0.3, 0.4) is 0 Å². The Kier molecular flexibility index (Phi) is 6.87. The van der Waals surface area contributed by atoms with Crippen molar-refractivity contribution in [2.45, 2.75) is 11.0 Å². The van der Waals surface area contributed by atoms with Crippen LogP contribution in [-0.2, 0) is 22.4 Å². The average Bonchev–Trinajstić information content (AvgIpc) is 2.65. The van der Waals surface area contributed by atoms with Crippen molar-refractivity contribution >= 4 is 23.4 Å².